The molecular weight excluding hydrogens is 338 g/mol. The molecule has 2 aromatic rings. The molecule has 0 fully saturated rings. The van der Waals surface area contributed by atoms with Crippen LogP contribution in [0.4, 0.5) is 11.4 Å². The molecule has 1 N–H and O–H groups in total. The summed E-state index contributed by atoms with van der Waals surface area (Å²) in [6.45, 7) is 0.836. The normalized spacial score (nSPS) is 10.4. The maximum atomic E-state index is 12.1. The quantitative estimate of drug-likeness (QED) is 0.546. The van der Waals surface area contributed by atoms with Gasteiger partial charge in [0.2, 0.25) is 5.91 Å². The van der Waals surface area contributed by atoms with Crippen molar-refractivity contribution in [2.75, 3.05) is 39.2 Å². The second-order valence-electron chi connectivity index (χ2n) is 5.59. The van der Waals surface area contributed by atoms with Crippen LogP contribution in [0, 0.1) is 10.1 Å². The van der Waals surface area contributed by atoms with Crippen LogP contribution in [-0.4, -0.2) is 49.6 Å². The molecule has 2 rings (SSSR count). The third kappa shape index (κ3) is 5.75. The van der Waals surface area contributed by atoms with E-state index in [4.69, 9.17) is 9.47 Å². The number of rotatable bonds is 9. The number of nitro benzene ring substituents is 1. The Labute approximate surface area is 151 Å². The van der Waals surface area contributed by atoms with E-state index >= 15 is 0 Å². The minimum atomic E-state index is -0.485. The number of carbonyl (C=O) groups is 1. The number of nitrogens with one attached hydrogen (secondary N) is 1. The molecule has 0 heterocycles. The number of para-hydroxylation sites is 2. The first kappa shape index (κ1) is 19.2. The molecule has 0 bridgehead atoms. The highest BCUT2D eigenvalue weighted by molar-refractivity contribution is 5.92. The average molecular weight is 359 g/mol. The molecule has 0 atom stereocenters. The van der Waals surface area contributed by atoms with Crippen LogP contribution in [0.3, 0.4) is 0 Å². The molecule has 1 amide bonds. The van der Waals surface area contributed by atoms with Crippen LogP contribution in [0.1, 0.15) is 0 Å². The van der Waals surface area contributed by atoms with Crippen molar-refractivity contribution in [3.8, 4) is 11.5 Å². The first-order chi connectivity index (χ1) is 12.5. The van der Waals surface area contributed by atoms with Gasteiger partial charge in [0.25, 0.3) is 0 Å². The van der Waals surface area contributed by atoms with Crippen LogP contribution in [0.25, 0.3) is 0 Å². The summed E-state index contributed by atoms with van der Waals surface area (Å²) in [6, 6.07) is 13.3. The molecule has 0 aliphatic carbocycles. The number of anilines is 1. The molecule has 138 valence electrons. The van der Waals surface area contributed by atoms with Crippen LogP contribution in [-0.2, 0) is 4.79 Å². The Hall–Kier alpha value is -3.13. The van der Waals surface area contributed by atoms with Gasteiger partial charge in [-0.25, -0.2) is 0 Å². The summed E-state index contributed by atoms with van der Waals surface area (Å²) in [5.74, 6) is 0.701. The Morgan fingerprint density at radius 2 is 2.00 bits per heavy atom. The average Bonchev–Trinajstić information content (AvgIpc) is 2.62. The lowest BCUT2D eigenvalue weighted by Gasteiger charge is -2.16. The third-order valence-corrected chi connectivity index (χ3v) is 3.56. The van der Waals surface area contributed by atoms with Crippen LogP contribution >= 0.6 is 0 Å². The van der Waals surface area contributed by atoms with Gasteiger partial charge in [0, 0.05) is 24.4 Å². The monoisotopic (exact) mass is 359 g/mol. The van der Waals surface area contributed by atoms with E-state index in [1.807, 2.05) is 0 Å². The van der Waals surface area contributed by atoms with Gasteiger partial charge in [-0.1, -0.05) is 18.2 Å². The van der Waals surface area contributed by atoms with Crippen molar-refractivity contribution in [3.05, 3.63) is 58.6 Å². The number of benzene rings is 2. The maximum absolute atomic E-state index is 12.1. The second kappa shape index (κ2) is 9.38. The van der Waals surface area contributed by atoms with Crippen molar-refractivity contribution in [3.63, 3.8) is 0 Å². The topological polar surface area (TPSA) is 93.9 Å². The zero-order chi connectivity index (χ0) is 18.9. The molecule has 0 radical (unpaired) electrons. The van der Waals surface area contributed by atoms with E-state index in [9.17, 15) is 14.9 Å². The van der Waals surface area contributed by atoms with E-state index in [0.717, 1.165) is 0 Å². The van der Waals surface area contributed by atoms with Gasteiger partial charge >= 0.3 is 5.69 Å². The number of amides is 1. The molecular formula is C18H21N3O5. The fraction of sp³-hybridized carbons (Fsp3) is 0.278. The first-order valence-electron chi connectivity index (χ1n) is 7.98. The van der Waals surface area contributed by atoms with Gasteiger partial charge in [0.05, 0.1) is 18.6 Å². The minimum Gasteiger partial charge on any atom is -0.497 e. The molecule has 0 saturated carbocycles. The number of ether oxygens (including phenoxy) is 2. The first-order valence-corrected chi connectivity index (χ1v) is 7.98. The SMILES string of the molecule is COc1cccc(NC(=O)CN(C)CCOc2ccccc2[N+](=O)[O-])c1. The predicted octanol–water partition coefficient (Wildman–Crippen LogP) is 2.55. The number of carbonyl (C=O) groups excluding carboxylic acids is 1. The van der Waals surface area contributed by atoms with Gasteiger partial charge < -0.3 is 14.8 Å². The molecule has 2 aromatic carbocycles. The van der Waals surface area contributed by atoms with Crippen molar-refractivity contribution in [1.29, 1.82) is 0 Å². The Balaban J connectivity index is 1.79. The van der Waals surface area contributed by atoms with E-state index in [1.165, 1.54) is 6.07 Å². The molecule has 8 heteroatoms. The van der Waals surface area contributed by atoms with E-state index in [-0.39, 0.29) is 30.5 Å². The van der Waals surface area contributed by atoms with Crippen LogP contribution < -0.4 is 14.8 Å². The Kier molecular flexibility index (Phi) is 6.92. The number of nitro groups is 1. The molecule has 0 unspecified atom stereocenters. The highest BCUT2D eigenvalue weighted by Crippen LogP contribution is 2.25. The Morgan fingerprint density at radius 1 is 1.23 bits per heavy atom. The van der Waals surface area contributed by atoms with Crippen molar-refractivity contribution < 1.29 is 19.2 Å². The zero-order valence-electron chi connectivity index (χ0n) is 14.7. The number of nitrogens with zero attached hydrogens (tertiary/aromatic N) is 2. The molecule has 0 spiro atoms. The maximum Gasteiger partial charge on any atom is 0.310 e. The summed E-state index contributed by atoms with van der Waals surface area (Å²) in [5.41, 5.74) is 0.574. The van der Waals surface area contributed by atoms with Gasteiger partial charge in [0.15, 0.2) is 5.75 Å². The van der Waals surface area contributed by atoms with E-state index in [1.54, 1.807) is 61.5 Å². The highest BCUT2D eigenvalue weighted by Gasteiger charge is 2.14. The van der Waals surface area contributed by atoms with Gasteiger partial charge in [0.1, 0.15) is 12.4 Å². The van der Waals surface area contributed by atoms with E-state index in [0.29, 0.717) is 18.0 Å². The second-order valence-corrected chi connectivity index (χ2v) is 5.59. The molecule has 0 aromatic heterocycles. The van der Waals surface area contributed by atoms with Gasteiger partial charge in [-0.15, -0.1) is 0 Å². The summed E-state index contributed by atoms with van der Waals surface area (Å²) in [7, 11) is 3.33. The van der Waals surface area contributed by atoms with Gasteiger partial charge in [-0.3, -0.25) is 19.8 Å². The fourth-order valence-corrected chi connectivity index (χ4v) is 2.27. The largest absolute Gasteiger partial charge is 0.497 e. The molecule has 0 aliphatic rings. The number of hydrogen-bond acceptors (Lipinski definition) is 6. The fourth-order valence-electron chi connectivity index (χ4n) is 2.27. The smallest absolute Gasteiger partial charge is 0.310 e. The summed E-state index contributed by atoms with van der Waals surface area (Å²) in [6.07, 6.45) is 0. The highest BCUT2D eigenvalue weighted by atomic mass is 16.6. The summed E-state index contributed by atoms with van der Waals surface area (Å²) in [5, 5.41) is 13.7. The summed E-state index contributed by atoms with van der Waals surface area (Å²) in [4.78, 5) is 24.3. The van der Waals surface area contributed by atoms with Crippen molar-refractivity contribution in [2.24, 2.45) is 0 Å². The van der Waals surface area contributed by atoms with Crippen LogP contribution in [0.2, 0.25) is 0 Å². The van der Waals surface area contributed by atoms with Crippen LogP contribution in [0.5, 0.6) is 11.5 Å². The number of likely N-dealkylation sites (N-methyl/N-ethyl adjacent to an activating group) is 1. The summed E-state index contributed by atoms with van der Waals surface area (Å²) < 4.78 is 10.6. The van der Waals surface area contributed by atoms with Gasteiger partial charge in [-0.2, -0.15) is 0 Å². The van der Waals surface area contributed by atoms with E-state index in [2.05, 4.69) is 5.32 Å². The molecule has 0 aliphatic heterocycles. The minimum absolute atomic E-state index is 0.0779. The lowest BCUT2D eigenvalue weighted by Crippen LogP contribution is -2.33. The predicted molar refractivity (Wildman–Crippen MR) is 97.7 cm³/mol. The van der Waals surface area contributed by atoms with Crippen molar-refractivity contribution in [1.82, 2.24) is 4.90 Å². The lowest BCUT2D eigenvalue weighted by atomic mass is 10.3. The van der Waals surface area contributed by atoms with Crippen LogP contribution in [0.15, 0.2) is 48.5 Å². The Bertz CT molecular complexity index is 766. The standard InChI is InChI=1S/C18H21N3O5/c1-20(10-11-26-17-9-4-3-8-16(17)21(23)24)13-18(22)19-14-6-5-7-15(12-14)25-2/h3-9,12H,10-11,13H2,1-2H3,(H,19,22). The third-order valence-electron chi connectivity index (χ3n) is 3.56. The summed E-state index contributed by atoms with van der Waals surface area (Å²) >= 11 is 0. The van der Waals surface area contributed by atoms with Gasteiger partial charge in [-0.05, 0) is 25.2 Å². The molecule has 8 nitrogen and oxygen atoms in total. The molecule has 0 saturated heterocycles. The Morgan fingerprint density at radius 3 is 2.73 bits per heavy atom. The van der Waals surface area contributed by atoms with E-state index < -0.39 is 4.92 Å². The number of methoxy groups -OCH3 is 1. The lowest BCUT2D eigenvalue weighted by molar-refractivity contribution is -0.385. The molecule has 26 heavy (non-hydrogen) atoms. The number of hydrogen-bond donors (Lipinski definition) is 1. The van der Waals surface area contributed by atoms with Crippen molar-refractivity contribution >= 4 is 17.3 Å². The zero-order valence-corrected chi connectivity index (χ0v) is 14.7. The van der Waals surface area contributed by atoms with Crippen molar-refractivity contribution in [2.45, 2.75) is 0 Å².